The first kappa shape index (κ1) is 12.5. The second kappa shape index (κ2) is 5.56. The average molecular weight is 251 g/mol. The summed E-state index contributed by atoms with van der Waals surface area (Å²) in [6.07, 6.45) is 1.19. The van der Waals surface area contributed by atoms with Crippen LogP contribution in [0.5, 0.6) is 0 Å². The summed E-state index contributed by atoms with van der Waals surface area (Å²) in [5.74, 6) is 0.737. The number of hydrogen-bond donors (Lipinski definition) is 2. The van der Waals surface area contributed by atoms with E-state index in [1.54, 1.807) is 0 Å². The van der Waals surface area contributed by atoms with Crippen molar-refractivity contribution in [2.45, 2.75) is 26.8 Å². The molecule has 3 heteroatoms. The molecule has 0 radical (unpaired) electrons. The Balaban J connectivity index is 2.01. The molecule has 0 spiro atoms. The molecule has 1 heterocycles. The fourth-order valence-corrected chi connectivity index (χ4v) is 2.17. The summed E-state index contributed by atoms with van der Waals surface area (Å²) < 4.78 is 0. The topological polar surface area (TPSA) is 27.8 Å². The van der Waals surface area contributed by atoms with Crippen molar-refractivity contribution in [1.82, 2.24) is 10.3 Å². The maximum atomic E-state index is 6.33. The Morgan fingerprint density at radius 1 is 1.29 bits per heavy atom. The maximum Gasteiger partial charge on any atom is 0.0705 e. The third-order valence-electron chi connectivity index (χ3n) is 2.91. The van der Waals surface area contributed by atoms with E-state index in [2.05, 4.69) is 30.2 Å². The molecule has 0 amide bonds. The summed E-state index contributed by atoms with van der Waals surface area (Å²) in [6.45, 7) is 6.30. The summed E-state index contributed by atoms with van der Waals surface area (Å²) in [5.41, 5.74) is 2.19. The van der Waals surface area contributed by atoms with Gasteiger partial charge in [-0.25, -0.2) is 0 Å². The van der Waals surface area contributed by atoms with Crippen LogP contribution < -0.4 is 5.32 Å². The minimum Gasteiger partial charge on any atom is -0.356 e. The number of hydrogen-bond acceptors (Lipinski definition) is 1. The van der Waals surface area contributed by atoms with Gasteiger partial charge in [0.2, 0.25) is 0 Å². The molecule has 1 aromatic heterocycles. The molecule has 2 aromatic rings. The van der Waals surface area contributed by atoms with Gasteiger partial charge in [0.1, 0.15) is 0 Å². The summed E-state index contributed by atoms with van der Waals surface area (Å²) in [6, 6.07) is 8.13. The number of benzene rings is 1. The highest BCUT2D eigenvalue weighted by molar-refractivity contribution is 6.36. The van der Waals surface area contributed by atoms with Crippen molar-refractivity contribution in [3.05, 3.63) is 35.0 Å². The van der Waals surface area contributed by atoms with E-state index in [-0.39, 0.29) is 0 Å². The molecule has 0 aliphatic heterocycles. The smallest absolute Gasteiger partial charge is 0.0705 e. The van der Waals surface area contributed by atoms with E-state index < -0.39 is 0 Å². The number of fused-ring (bicyclic) bond motifs is 1. The van der Waals surface area contributed by atoms with Crippen LogP contribution in [0.2, 0.25) is 5.02 Å². The zero-order chi connectivity index (χ0) is 12.3. The predicted molar refractivity (Wildman–Crippen MR) is 74.5 cm³/mol. The lowest BCUT2D eigenvalue weighted by atomic mass is 10.1. The van der Waals surface area contributed by atoms with Gasteiger partial charge in [-0.2, -0.15) is 0 Å². The highest BCUT2D eigenvalue weighted by atomic mass is 35.5. The van der Waals surface area contributed by atoms with Gasteiger partial charge in [-0.15, -0.1) is 0 Å². The van der Waals surface area contributed by atoms with Gasteiger partial charge in [0.25, 0.3) is 0 Å². The minimum absolute atomic E-state index is 0.737. The summed E-state index contributed by atoms with van der Waals surface area (Å²) in [7, 11) is 0. The largest absolute Gasteiger partial charge is 0.356 e. The van der Waals surface area contributed by atoms with Crippen LogP contribution in [0.15, 0.2) is 24.3 Å². The third-order valence-corrected chi connectivity index (χ3v) is 3.35. The highest BCUT2D eigenvalue weighted by Crippen LogP contribution is 2.26. The number of rotatable bonds is 5. The zero-order valence-electron chi connectivity index (χ0n) is 10.4. The summed E-state index contributed by atoms with van der Waals surface area (Å²) >= 11 is 6.33. The van der Waals surface area contributed by atoms with Crippen LogP contribution in [-0.2, 0) is 6.54 Å². The lowest BCUT2D eigenvalue weighted by molar-refractivity contribution is 0.535. The standard InChI is InChI=1S/C14H19ClN2/c1-10(2)7-8-16-9-13-14(15)11-5-3-4-6-12(11)17-13/h3-6,10,16-17H,7-9H2,1-2H3. The Kier molecular flexibility index (Phi) is 4.08. The SMILES string of the molecule is CC(C)CCNCc1[nH]c2ccccc2c1Cl. The Morgan fingerprint density at radius 3 is 2.76 bits per heavy atom. The van der Waals surface area contributed by atoms with E-state index in [1.807, 2.05) is 18.2 Å². The van der Waals surface area contributed by atoms with Crippen LogP contribution >= 0.6 is 11.6 Å². The highest BCUT2D eigenvalue weighted by Gasteiger charge is 2.07. The number of aromatic nitrogens is 1. The van der Waals surface area contributed by atoms with Gasteiger partial charge < -0.3 is 10.3 Å². The molecule has 17 heavy (non-hydrogen) atoms. The molecule has 0 fully saturated rings. The second-order valence-electron chi connectivity index (χ2n) is 4.82. The molecular formula is C14H19ClN2. The van der Waals surface area contributed by atoms with Crippen molar-refractivity contribution in [3.63, 3.8) is 0 Å². The molecule has 0 saturated heterocycles. The average Bonchev–Trinajstić information content (AvgIpc) is 2.63. The van der Waals surface area contributed by atoms with Gasteiger partial charge in [0, 0.05) is 23.1 Å². The van der Waals surface area contributed by atoms with Crippen LogP contribution in [-0.4, -0.2) is 11.5 Å². The lowest BCUT2D eigenvalue weighted by Gasteiger charge is -2.06. The van der Waals surface area contributed by atoms with Crippen molar-refractivity contribution in [1.29, 1.82) is 0 Å². The first-order valence-electron chi connectivity index (χ1n) is 6.14. The van der Waals surface area contributed by atoms with Crippen LogP contribution in [0.4, 0.5) is 0 Å². The van der Waals surface area contributed by atoms with Crippen LogP contribution in [0, 0.1) is 5.92 Å². The number of aromatic amines is 1. The molecule has 0 atom stereocenters. The van der Waals surface area contributed by atoms with Gasteiger partial charge in [0.15, 0.2) is 0 Å². The lowest BCUT2D eigenvalue weighted by Crippen LogP contribution is -2.16. The van der Waals surface area contributed by atoms with E-state index in [0.29, 0.717) is 0 Å². The second-order valence-corrected chi connectivity index (χ2v) is 5.20. The summed E-state index contributed by atoms with van der Waals surface area (Å²) in [5, 5.41) is 5.37. The fraction of sp³-hybridized carbons (Fsp3) is 0.429. The molecule has 2 nitrogen and oxygen atoms in total. The molecule has 2 N–H and O–H groups in total. The Bertz CT molecular complexity index is 488. The molecule has 0 saturated carbocycles. The van der Waals surface area contributed by atoms with Crippen molar-refractivity contribution >= 4 is 22.5 Å². The molecule has 0 unspecified atom stereocenters. The predicted octanol–water partition coefficient (Wildman–Crippen LogP) is 3.96. The molecule has 2 rings (SSSR count). The van der Waals surface area contributed by atoms with E-state index in [9.17, 15) is 0 Å². The van der Waals surface area contributed by atoms with E-state index >= 15 is 0 Å². The minimum atomic E-state index is 0.737. The van der Waals surface area contributed by atoms with Gasteiger partial charge in [-0.1, -0.05) is 43.6 Å². The first-order valence-corrected chi connectivity index (χ1v) is 6.52. The normalized spacial score (nSPS) is 11.5. The van der Waals surface area contributed by atoms with Gasteiger partial charge in [-0.05, 0) is 24.9 Å². The third kappa shape index (κ3) is 3.02. The van der Waals surface area contributed by atoms with Crippen LogP contribution in [0.3, 0.4) is 0 Å². The summed E-state index contributed by atoms with van der Waals surface area (Å²) in [4.78, 5) is 3.36. The van der Waals surface area contributed by atoms with Gasteiger partial charge in [-0.3, -0.25) is 0 Å². The van der Waals surface area contributed by atoms with Crippen LogP contribution in [0.25, 0.3) is 10.9 Å². The van der Waals surface area contributed by atoms with Gasteiger partial charge in [0.05, 0.1) is 5.02 Å². The van der Waals surface area contributed by atoms with Crippen molar-refractivity contribution < 1.29 is 0 Å². The number of H-pyrrole nitrogens is 1. The molecule has 1 aromatic carbocycles. The number of nitrogens with one attached hydrogen (secondary N) is 2. The van der Waals surface area contributed by atoms with Crippen LogP contribution in [0.1, 0.15) is 26.0 Å². The Morgan fingerprint density at radius 2 is 2.06 bits per heavy atom. The molecule has 0 aliphatic carbocycles. The van der Waals surface area contributed by atoms with E-state index in [4.69, 9.17) is 11.6 Å². The quantitative estimate of drug-likeness (QED) is 0.773. The number of para-hydroxylation sites is 1. The Hall–Kier alpha value is -0.990. The maximum absolute atomic E-state index is 6.33. The molecular weight excluding hydrogens is 232 g/mol. The van der Waals surface area contributed by atoms with Crippen molar-refractivity contribution in [2.24, 2.45) is 5.92 Å². The molecule has 92 valence electrons. The van der Waals surface area contributed by atoms with Gasteiger partial charge >= 0.3 is 0 Å². The van der Waals surface area contributed by atoms with Crippen molar-refractivity contribution in [3.8, 4) is 0 Å². The first-order chi connectivity index (χ1) is 8.18. The molecule has 0 bridgehead atoms. The molecule has 0 aliphatic rings. The Labute approximate surface area is 107 Å². The number of halogens is 1. The van der Waals surface area contributed by atoms with E-state index in [0.717, 1.165) is 40.6 Å². The monoisotopic (exact) mass is 250 g/mol. The van der Waals surface area contributed by atoms with E-state index in [1.165, 1.54) is 6.42 Å². The van der Waals surface area contributed by atoms with Crippen molar-refractivity contribution in [2.75, 3.05) is 6.54 Å². The zero-order valence-corrected chi connectivity index (χ0v) is 11.1. The fourth-order valence-electron chi connectivity index (χ4n) is 1.89.